The van der Waals surface area contributed by atoms with Gasteiger partial charge in [-0.05, 0) is 30.0 Å². The number of esters is 1. The third-order valence-electron chi connectivity index (χ3n) is 6.11. The highest BCUT2D eigenvalue weighted by atomic mass is 16.6. The molecule has 4 rings (SSSR count). The van der Waals surface area contributed by atoms with Crippen molar-refractivity contribution in [1.29, 1.82) is 0 Å². The van der Waals surface area contributed by atoms with Crippen molar-refractivity contribution in [1.82, 2.24) is 0 Å². The Labute approximate surface area is 181 Å². The molecule has 2 aliphatic heterocycles. The summed E-state index contributed by atoms with van der Waals surface area (Å²) in [6, 6.07) is 5.53. The lowest BCUT2D eigenvalue weighted by Crippen LogP contribution is -2.46. The number of ether oxygens (including phenoxy) is 5. The number of ketones is 1. The van der Waals surface area contributed by atoms with Crippen LogP contribution < -0.4 is 9.47 Å². The second-order valence-electron chi connectivity index (χ2n) is 8.00. The van der Waals surface area contributed by atoms with E-state index in [9.17, 15) is 9.59 Å². The zero-order chi connectivity index (χ0) is 21.8. The monoisotopic (exact) mass is 428 g/mol. The Bertz CT molecular complexity index is 875. The summed E-state index contributed by atoms with van der Waals surface area (Å²) < 4.78 is 28.0. The maximum atomic E-state index is 13.3. The molecule has 1 aliphatic carbocycles. The fraction of sp³-hybridized carbons (Fsp3) is 0.500. The first-order valence-corrected chi connectivity index (χ1v) is 10.8. The molecule has 0 aromatic heterocycles. The van der Waals surface area contributed by atoms with E-state index in [0.29, 0.717) is 43.1 Å². The number of carbonyl (C=O) groups is 2. The molecule has 31 heavy (non-hydrogen) atoms. The highest BCUT2D eigenvalue weighted by Crippen LogP contribution is 2.42. The van der Waals surface area contributed by atoms with Crippen molar-refractivity contribution in [3.8, 4) is 11.5 Å². The topological polar surface area (TPSA) is 80.3 Å². The minimum absolute atomic E-state index is 0.0789. The molecule has 166 valence electrons. The van der Waals surface area contributed by atoms with E-state index in [1.165, 1.54) is 6.08 Å². The van der Waals surface area contributed by atoms with Gasteiger partial charge in [-0.3, -0.25) is 4.79 Å². The molecule has 4 unspecified atom stereocenters. The van der Waals surface area contributed by atoms with Crippen LogP contribution in [0.2, 0.25) is 0 Å². The van der Waals surface area contributed by atoms with Crippen molar-refractivity contribution in [2.24, 2.45) is 11.8 Å². The van der Waals surface area contributed by atoms with Crippen molar-refractivity contribution < 1.29 is 33.3 Å². The van der Waals surface area contributed by atoms with E-state index in [-0.39, 0.29) is 43.0 Å². The van der Waals surface area contributed by atoms with Crippen molar-refractivity contribution in [2.75, 3.05) is 26.4 Å². The Morgan fingerprint density at radius 2 is 2.03 bits per heavy atom. The highest BCUT2D eigenvalue weighted by Gasteiger charge is 2.44. The zero-order valence-electron chi connectivity index (χ0n) is 17.7. The first kappa shape index (κ1) is 21.4. The Hall–Kier alpha value is -2.80. The van der Waals surface area contributed by atoms with Crippen molar-refractivity contribution in [3.05, 3.63) is 42.7 Å². The van der Waals surface area contributed by atoms with E-state index >= 15 is 0 Å². The van der Waals surface area contributed by atoms with Gasteiger partial charge in [-0.25, -0.2) is 4.79 Å². The summed E-state index contributed by atoms with van der Waals surface area (Å²) in [7, 11) is 0. The summed E-state index contributed by atoms with van der Waals surface area (Å²) >= 11 is 0. The zero-order valence-corrected chi connectivity index (χ0v) is 17.7. The molecule has 0 amide bonds. The maximum absolute atomic E-state index is 13.3. The van der Waals surface area contributed by atoms with Crippen LogP contribution in [0.5, 0.6) is 11.5 Å². The van der Waals surface area contributed by atoms with Crippen LogP contribution in [0.25, 0.3) is 5.57 Å². The second kappa shape index (κ2) is 9.56. The number of fused-ring (bicyclic) bond motifs is 2. The van der Waals surface area contributed by atoms with Crippen LogP contribution >= 0.6 is 0 Å². The van der Waals surface area contributed by atoms with Crippen LogP contribution in [-0.4, -0.2) is 50.4 Å². The van der Waals surface area contributed by atoms with Gasteiger partial charge in [-0.2, -0.15) is 0 Å². The number of rotatable bonds is 7. The Kier molecular flexibility index (Phi) is 6.61. The van der Waals surface area contributed by atoms with Crippen LogP contribution in [0.15, 0.2) is 37.1 Å². The molecule has 0 N–H and O–H groups in total. The van der Waals surface area contributed by atoms with Crippen LogP contribution in [0.1, 0.15) is 31.7 Å². The predicted octanol–water partition coefficient (Wildman–Crippen LogP) is 3.32. The molecule has 1 fully saturated rings. The van der Waals surface area contributed by atoms with Gasteiger partial charge in [0.2, 0.25) is 0 Å². The van der Waals surface area contributed by atoms with E-state index in [2.05, 4.69) is 13.5 Å². The molecule has 3 aliphatic rings. The molecule has 0 bridgehead atoms. The van der Waals surface area contributed by atoms with Crippen molar-refractivity contribution in [3.63, 3.8) is 0 Å². The molecule has 7 nitrogen and oxygen atoms in total. The number of hydrogen-bond acceptors (Lipinski definition) is 7. The number of Topliss-reactive ketones (excluding diaryl/α,β-unsaturated/α-hetero) is 1. The first-order chi connectivity index (χ1) is 15.1. The van der Waals surface area contributed by atoms with Gasteiger partial charge in [-0.15, -0.1) is 0 Å². The number of hydrogen-bond donors (Lipinski definition) is 0. The van der Waals surface area contributed by atoms with E-state index in [1.54, 1.807) is 6.26 Å². The lowest BCUT2D eigenvalue weighted by molar-refractivity contribution is -0.156. The van der Waals surface area contributed by atoms with Gasteiger partial charge < -0.3 is 23.7 Å². The molecule has 0 saturated heterocycles. The standard InChI is InChI=1S/C24H28O7/c1-3-7-29-23(25)14-31-20-12-21-17(10-15(20)4-2)24(26)18(13-30-21)16-5-6-19-22(11-16)28-9-8-27-19/h3,5-6,11,13,15,17,20-21H,1,4,7-10,12,14H2,2H3. The van der Waals surface area contributed by atoms with Gasteiger partial charge >= 0.3 is 5.97 Å². The van der Waals surface area contributed by atoms with E-state index in [4.69, 9.17) is 23.7 Å². The molecule has 1 saturated carbocycles. The van der Waals surface area contributed by atoms with Gasteiger partial charge in [0.1, 0.15) is 32.5 Å². The smallest absolute Gasteiger partial charge is 0.332 e. The summed E-state index contributed by atoms with van der Waals surface area (Å²) in [6.45, 7) is 6.66. The molecular weight excluding hydrogens is 400 g/mol. The normalized spacial score (nSPS) is 26.9. The fourth-order valence-corrected chi connectivity index (χ4v) is 4.48. The van der Waals surface area contributed by atoms with Gasteiger partial charge in [0.05, 0.1) is 23.9 Å². The van der Waals surface area contributed by atoms with E-state index in [1.807, 2.05) is 18.2 Å². The molecule has 1 aromatic rings. The largest absolute Gasteiger partial charge is 0.496 e. The molecule has 0 radical (unpaired) electrons. The number of carbonyl (C=O) groups excluding carboxylic acids is 2. The lowest BCUT2D eigenvalue weighted by Gasteiger charge is -2.41. The average Bonchev–Trinajstić information content (AvgIpc) is 2.80. The van der Waals surface area contributed by atoms with Crippen LogP contribution in [0.3, 0.4) is 0 Å². The Morgan fingerprint density at radius 3 is 2.81 bits per heavy atom. The lowest BCUT2D eigenvalue weighted by atomic mass is 9.72. The molecule has 2 heterocycles. The van der Waals surface area contributed by atoms with Crippen LogP contribution in [0.4, 0.5) is 0 Å². The third kappa shape index (κ3) is 4.61. The number of allylic oxidation sites excluding steroid dienone is 1. The predicted molar refractivity (Wildman–Crippen MR) is 113 cm³/mol. The summed E-state index contributed by atoms with van der Waals surface area (Å²) in [6.07, 6.45) is 4.74. The van der Waals surface area contributed by atoms with Gasteiger partial charge in [0, 0.05) is 6.42 Å². The minimum Gasteiger partial charge on any atom is -0.496 e. The van der Waals surface area contributed by atoms with E-state index < -0.39 is 5.97 Å². The molecule has 0 spiro atoms. The van der Waals surface area contributed by atoms with Crippen molar-refractivity contribution >= 4 is 17.3 Å². The first-order valence-electron chi connectivity index (χ1n) is 10.8. The average molecular weight is 428 g/mol. The second-order valence-corrected chi connectivity index (χ2v) is 8.00. The Morgan fingerprint density at radius 1 is 1.23 bits per heavy atom. The maximum Gasteiger partial charge on any atom is 0.332 e. The van der Waals surface area contributed by atoms with Crippen LogP contribution in [0, 0.1) is 11.8 Å². The van der Waals surface area contributed by atoms with Gasteiger partial charge in [0.15, 0.2) is 17.3 Å². The molecule has 7 heteroatoms. The molecule has 1 aromatic carbocycles. The summed E-state index contributed by atoms with van der Waals surface area (Å²) in [5.74, 6) is 0.930. The summed E-state index contributed by atoms with van der Waals surface area (Å²) in [5, 5.41) is 0. The summed E-state index contributed by atoms with van der Waals surface area (Å²) in [5.41, 5.74) is 1.32. The van der Waals surface area contributed by atoms with E-state index in [0.717, 1.165) is 12.0 Å². The Balaban J connectivity index is 1.45. The number of benzene rings is 1. The quantitative estimate of drug-likeness (QED) is 0.487. The van der Waals surface area contributed by atoms with Crippen molar-refractivity contribution in [2.45, 2.75) is 38.4 Å². The summed E-state index contributed by atoms with van der Waals surface area (Å²) in [4.78, 5) is 25.1. The minimum atomic E-state index is -0.418. The van der Waals surface area contributed by atoms with Gasteiger partial charge in [-0.1, -0.05) is 32.1 Å². The molecular formula is C24H28O7. The SMILES string of the molecule is C=CCOC(=O)COC1CC2OC=C(c3ccc4c(c3)OCCO4)C(=O)C2CC1CC. The highest BCUT2D eigenvalue weighted by molar-refractivity contribution is 6.22. The third-order valence-corrected chi connectivity index (χ3v) is 6.11. The molecule has 4 atom stereocenters. The van der Waals surface area contributed by atoms with Crippen LogP contribution in [-0.2, 0) is 23.8 Å². The van der Waals surface area contributed by atoms with Gasteiger partial charge in [0.25, 0.3) is 0 Å². The fourth-order valence-electron chi connectivity index (χ4n) is 4.48.